The van der Waals surface area contributed by atoms with Gasteiger partial charge >= 0.3 is 5.97 Å². The van der Waals surface area contributed by atoms with E-state index >= 15 is 0 Å². The van der Waals surface area contributed by atoms with Crippen LogP contribution in [0.1, 0.15) is 12.8 Å². The van der Waals surface area contributed by atoms with Crippen LogP contribution < -0.4 is 10.1 Å². The first-order valence-corrected chi connectivity index (χ1v) is 10.9. The Balaban J connectivity index is 1.77. The van der Waals surface area contributed by atoms with Crippen LogP contribution in [0.25, 0.3) is 0 Å². The summed E-state index contributed by atoms with van der Waals surface area (Å²) in [4.78, 5) is 12.5. The van der Waals surface area contributed by atoms with Gasteiger partial charge in [-0.05, 0) is 74.5 Å². The smallest absolute Gasteiger partial charge is 0.312 e. The molecule has 1 fully saturated rings. The fourth-order valence-electron chi connectivity index (χ4n) is 3.33. The molecule has 1 aliphatic heterocycles. The van der Waals surface area contributed by atoms with Gasteiger partial charge in [0.1, 0.15) is 11.5 Å². The summed E-state index contributed by atoms with van der Waals surface area (Å²) >= 11 is 5.85. The Morgan fingerprint density at radius 2 is 1.57 bits per heavy atom. The molecule has 0 saturated carbocycles. The van der Waals surface area contributed by atoms with Gasteiger partial charge in [-0.1, -0.05) is 11.6 Å². The molecule has 0 aliphatic carbocycles. The Labute approximate surface area is 169 Å². The Bertz CT molecular complexity index is 920. The minimum absolute atomic E-state index is 0.151. The molecule has 0 spiro atoms. The molecule has 3 rings (SSSR count). The van der Waals surface area contributed by atoms with Crippen LogP contribution in [0.4, 0.5) is 0 Å². The quantitative estimate of drug-likeness (QED) is 0.716. The van der Waals surface area contributed by atoms with Gasteiger partial charge in [-0.15, -0.1) is 0 Å². The fraction of sp³-hybridized carbons (Fsp3) is 0.350. The number of hydrogen-bond donors (Lipinski definition) is 1. The first-order chi connectivity index (χ1) is 13.3. The van der Waals surface area contributed by atoms with Crippen molar-refractivity contribution in [1.82, 2.24) is 5.32 Å². The molecule has 0 amide bonds. The van der Waals surface area contributed by atoms with E-state index < -0.39 is 21.2 Å². The third-order valence-electron chi connectivity index (χ3n) is 4.88. The number of hydrogen-bond acceptors (Lipinski definition) is 6. The zero-order chi connectivity index (χ0) is 20.2. The van der Waals surface area contributed by atoms with Gasteiger partial charge in [-0.2, -0.15) is 0 Å². The highest BCUT2D eigenvalue weighted by atomic mass is 35.5. The number of ether oxygens (including phenoxy) is 2. The lowest BCUT2D eigenvalue weighted by atomic mass is 9.81. The van der Waals surface area contributed by atoms with Gasteiger partial charge in [0.25, 0.3) is 0 Å². The molecule has 2 aromatic rings. The summed E-state index contributed by atoms with van der Waals surface area (Å²) in [5.41, 5.74) is -1.02. The van der Waals surface area contributed by atoms with Crippen molar-refractivity contribution < 1.29 is 22.7 Å². The van der Waals surface area contributed by atoms with Crippen molar-refractivity contribution in [3.8, 4) is 11.5 Å². The molecule has 0 atom stereocenters. The maximum absolute atomic E-state index is 12.9. The third kappa shape index (κ3) is 4.66. The number of nitrogens with one attached hydrogen (secondary N) is 1. The second-order valence-electron chi connectivity index (χ2n) is 6.81. The normalized spacial score (nSPS) is 16.4. The Kier molecular flexibility index (Phi) is 6.27. The van der Waals surface area contributed by atoms with E-state index in [1.807, 2.05) is 0 Å². The zero-order valence-electron chi connectivity index (χ0n) is 15.5. The van der Waals surface area contributed by atoms with E-state index in [2.05, 4.69) is 5.32 Å². The van der Waals surface area contributed by atoms with Gasteiger partial charge < -0.3 is 14.8 Å². The SMILES string of the molecule is COC(=O)C1(CS(=O)(=O)c2ccc(Oc3ccc(Cl)cc3)cc2)CCNCC1. The van der Waals surface area contributed by atoms with Crippen molar-refractivity contribution in [2.45, 2.75) is 17.7 Å². The minimum Gasteiger partial charge on any atom is -0.469 e. The summed E-state index contributed by atoms with van der Waals surface area (Å²) in [5, 5.41) is 3.75. The second kappa shape index (κ2) is 8.51. The standard InChI is InChI=1S/C20H22ClNO5S/c1-26-19(23)20(10-12-22-13-11-20)14-28(24,25)18-8-6-17(7-9-18)27-16-4-2-15(21)3-5-16/h2-9,22H,10-14H2,1H3. The predicted octanol–water partition coefficient (Wildman–Crippen LogP) is 3.45. The average molecular weight is 424 g/mol. The van der Waals surface area contributed by atoms with Crippen LogP contribution in [-0.2, 0) is 19.4 Å². The van der Waals surface area contributed by atoms with Crippen molar-refractivity contribution in [2.24, 2.45) is 5.41 Å². The van der Waals surface area contributed by atoms with Crippen molar-refractivity contribution in [2.75, 3.05) is 26.0 Å². The van der Waals surface area contributed by atoms with E-state index in [9.17, 15) is 13.2 Å². The number of carbonyl (C=O) groups is 1. The molecule has 1 N–H and O–H groups in total. The lowest BCUT2D eigenvalue weighted by molar-refractivity contribution is -0.153. The summed E-state index contributed by atoms with van der Waals surface area (Å²) in [6.45, 7) is 1.16. The summed E-state index contributed by atoms with van der Waals surface area (Å²) in [7, 11) is -2.38. The molecule has 8 heteroatoms. The molecule has 28 heavy (non-hydrogen) atoms. The molecule has 0 unspecified atom stereocenters. The topological polar surface area (TPSA) is 81.7 Å². The van der Waals surface area contributed by atoms with Crippen molar-refractivity contribution in [1.29, 1.82) is 0 Å². The molecule has 150 valence electrons. The molecular formula is C20H22ClNO5S. The number of piperidine rings is 1. The van der Waals surface area contributed by atoms with Gasteiger partial charge in [0, 0.05) is 5.02 Å². The van der Waals surface area contributed by atoms with Gasteiger partial charge in [-0.25, -0.2) is 8.42 Å². The number of halogens is 1. The first-order valence-electron chi connectivity index (χ1n) is 8.90. The molecule has 1 aliphatic rings. The van der Waals surface area contributed by atoms with Crippen molar-refractivity contribution in [3.63, 3.8) is 0 Å². The molecular weight excluding hydrogens is 402 g/mol. The van der Waals surface area contributed by atoms with Gasteiger partial charge in [0.2, 0.25) is 0 Å². The largest absolute Gasteiger partial charge is 0.469 e. The summed E-state index contributed by atoms with van der Waals surface area (Å²) < 4.78 is 36.5. The van der Waals surface area contributed by atoms with E-state index in [0.717, 1.165) is 0 Å². The number of sulfone groups is 1. The highest BCUT2D eigenvalue weighted by Crippen LogP contribution is 2.34. The summed E-state index contributed by atoms with van der Waals surface area (Å²) in [6, 6.07) is 13.0. The molecule has 1 saturated heterocycles. The fourth-order valence-corrected chi connectivity index (χ4v) is 5.31. The van der Waals surface area contributed by atoms with Crippen LogP contribution in [0.3, 0.4) is 0 Å². The minimum atomic E-state index is -3.67. The Hall–Kier alpha value is -2.09. The Morgan fingerprint density at radius 1 is 1.04 bits per heavy atom. The van der Waals surface area contributed by atoms with Crippen LogP contribution >= 0.6 is 11.6 Å². The monoisotopic (exact) mass is 423 g/mol. The van der Waals surface area contributed by atoms with E-state index in [-0.39, 0.29) is 10.6 Å². The van der Waals surface area contributed by atoms with Gasteiger partial charge in [-0.3, -0.25) is 4.79 Å². The van der Waals surface area contributed by atoms with Gasteiger partial charge in [0.05, 0.1) is 23.2 Å². The summed E-state index contributed by atoms with van der Waals surface area (Å²) in [6.07, 6.45) is 0.854. The van der Waals surface area contributed by atoms with Crippen molar-refractivity contribution in [3.05, 3.63) is 53.6 Å². The predicted molar refractivity (Wildman–Crippen MR) is 107 cm³/mol. The number of benzene rings is 2. The van der Waals surface area contributed by atoms with Crippen LogP contribution in [0.2, 0.25) is 5.02 Å². The van der Waals surface area contributed by atoms with Crippen LogP contribution in [0, 0.1) is 5.41 Å². The van der Waals surface area contributed by atoms with Crippen LogP contribution in [0.15, 0.2) is 53.4 Å². The van der Waals surface area contributed by atoms with E-state index in [4.69, 9.17) is 21.1 Å². The van der Waals surface area contributed by atoms with E-state index in [0.29, 0.717) is 42.5 Å². The average Bonchev–Trinajstić information content (AvgIpc) is 2.70. The molecule has 1 heterocycles. The number of rotatable bonds is 6. The lowest BCUT2D eigenvalue weighted by Gasteiger charge is -2.34. The third-order valence-corrected chi connectivity index (χ3v) is 7.05. The van der Waals surface area contributed by atoms with Crippen LogP contribution in [0.5, 0.6) is 11.5 Å². The zero-order valence-corrected chi connectivity index (χ0v) is 17.1. The second-order valence-corrected chi connectivity index (χ2v) is 9.23. The molecule has 0 bridgehead atoms. The first kappa shape index (κ1) is 20.6. The Morgan fingerprint density at radius 3 is 2.11 bits per heavy atom. The number of esters is 1. The van der Waals surface area contributed by atoms with Gasteiger partial charge in [0.15, 0.2) is 9.84 Å². The van der Waals surface area contributed by atoms with E-state index in [1.165, 1.54) is 19.2 Å². The lowest BCUT2D eigenvalue weighted by Crippen LogP contribution is -2.47. The molecule has 2 aromatic carbocycles. The van der Waals surface area contributed by atoms with Crippen molar-refractivity contribution >= 4 is 27.4 Å². The highest BCUT2D eigenvalue weighted by molar-refractivity contribution is 7.91. The van der Waals surface area contributed by atoms with Crippen LogP contribution in [-0.4, -0.2) is 40.3 Å². The maximum atomic E-state index is 12.9. The highest BCUT2D eigenvalue weighted by Gasteiger charge is 2.44. The maximum Gasteiger partial charge on any atom is 0.312 e. The molecule has 0 aromatic heterocycles. The molecule has 6 nitrogen and oxygen atoms in total. The molecule has 0 radical (unpaired) electrons. The number of methoxy groups -OCH3 is 1. The summed E-state index contributed by atoms with van der Waals surface area (Å²) in [5.74, 6) is 0.358. The number of carbonyl (C=O) groups excluding carboxylic acids is 1. The van der Waals surface area contributed by atoms with E-state index in [1.54, 1.807) is 36.4 Å².